The maximum absolute atomic E-state index is 9.17. The van der Waals surface area contributed by atoms with E-state index in [1.54, 1.807) is 0 Å². The Balaban J connectivity index is 2.29. The van der Waals surface area contributed by atoms with E-state index in [0.717, 1.165) is 13.1 Å². The standard InChI is InChI=1S/C8H17NOS/c1-7-6-11-4-3-9(7)5-8(2)10/h7-8,10H,3-6H2,1-2H3/t7?,8-/m0/s1. The molecule has 0 aromatic rings. The van der Waals surface area contributed by atoms with Crippen molar-refractivity contribution in [2.45, 2.75) is 26.0 Å². The van der Waals surface area contributed by atoms with Crippen LogP contribution < -0.4 is 0 Å². The van der Waals surface area contributed by atoms with Crippen molar-refractivity contribution in [3.8, 4) is 0 Å². The average molecular weight is 175 g/mol. The molecule has 1 aliphatic rings. The van der Waals surface area contributed by atoms with E-state index in [2.05, 4.69) is 11.8 Å². The molecular weight excluding hydrogens is 158 g/mol. The number of aliphatic hydroxyl groups is 1. The number of thioether (sulfide) groups is 1. The van der Waals surface area contributed by atoms with Crippen molar-refractivity contribution in [1.82, 2.24) is 4.90 Å². The number of hydrogen-bond acceptors (Lipinski definition) is 3. The lowest BCUT2D eigenvalue weighted by molar-refractivity contribution is 0.111. The molecule has 0 spiro atoms. The van der Waals surface area contributed by atoms with Gasteiger partial charge in [-0.1, -0.05) is 0 Å². The van der Waals surface area contributed by atoms with Crippen LogP contribution in [0.2, 0.25) is 0 Å². The Morgan fingerprint density at radius 2 is 2.45 bits per heavy atom. The van der Waals surface area contributed by atoms with Gasteiger partial charge in [0.15, 0.2) is 0 Å². The second-order valence-electron chi connectivity index (χ2n) is 3.27. The fraction of sp³-hybridized carbons (Fsp3) is 1.00. The Morgan fingerprint density at radius 1 is 1.73 bits per heavy atom. The van der Waals surface area contributed by atoms with E-state index in [1.165, 1.54) is 11.5 Å². The third kappa shape index (κ3) is 3.01. The number of β-amino-alcohol motifs (C(OH)–C–C–N with tert-alkyl or cyclic N) is 1. The topological polar surface area (TPSA) is 23.5 Å². The summed E-state index contributed by atoms with van der Waals surface area (Å²) in [5.41, 5.74) is 0. The van der Waals surface area contributed by atoms with Crippen molar-refractivity contribution in [2.24, 2.45) is 0 Å². The van der Waals surface area contributed by atoms with Gasteiger partial charge in [0.25, 0.3) is 0 Å². The Morgan fingerprint density at radius 3 is 3.00 bits per heavy atom. The molecule has 1 saturated heterocycles. The van der Waals surface area contributed by atoms with Gasteiger partial charge in [0, 0.05) is 30.6 Å². The van der Waals surface area contributed by atoms with Crippen LogP contribution in [0.3, 0.4) is 0 Å². The molecular formula is C8H17NOS. The van der Waals surface area contributed by atoms with Crippen LogP contribution >= 0.6 is 11.8 Å². The quantitative estimate of drug-likeness (QED) is 0.671. The number of rotatable bonds is 2. The fourth-order valence-corrected chi connectivity index (χ4v) is 2.45. The van der Waals surface area contributed by atoms with Crippen molar-refractivity contribution in [3.63, 3.8) is 0 Å². The molecule has 3 heteroatoms. The molecule has 2 atom stereocenters. The van der Waals surface area contributed by atoms with Crippen LogP contribution in [0.5, 0.6) is 0 Å². The van der Waals surface area contributed by atoms with Gasteiger partial charge in [-0.2, -0.15) is 11.8 Å². The highest BCUT2D eigenvalue weighted by Gasteiger charge is 2.18. The number of aliphatic hydroxyl groups excluding tert-OH is 1. The molecule has 1 aliphatic heterocycles. The molecule has 0 aromatic heterocycles. The van der Waals surface area contributed by atoms with Crippen LogP contribution in [-0.2, 0) is 0 Å². The van der Waals surface area contributed by atoms with E-state index in [-0.39, 0.29) is 6.10 Å². The first-order chi connectivity index (χ1) is 5.20. The van der Waals surface area contributed by atoms with Crippen molar-refractivity contribution in [1.29, 1.82) is 0 Å². The van der Waals surface area contributed by atoms with Crippen molar-refractivity contribution >= 4 is 11.8 Å². The molecule has 66 valence electrons. The molecule has 0 saturated carbocycles. The normalized spacial score (nSPS) is 30.3. The number of nitrogens with zero attached hydrogens (tertiary/aromatic N) is 1. The molecule has 0 amide bonds. The van der Waals surface area contributed by atoms with Gasteiger partial charge in [-0.15, -0.1) is 0 Å². The van der Waals surface area contributed by atoms with Crippen LogP contribution in [-0.4, -0.2) is 46.7 Å². The second-order valence-corrected chi connectivity index (χ2v) is 4.42. The molecule has 1 unspecified atom stereocenters. The first-order valence-corrected chi connectivity index (χ1v) is 5.35. The summed E-state index contributed by atoms with van der Waals surface area (Å²) in [4.78, 5) is 2.36. The van der Waals surface area contributed by atoms with E-state index in [4.69, 9.17) is 0 Å². The Bertz CT molecular complexity index is 119. The van der Waals surface area contributed by atoms with Gasteiger partial charge < -0.3 is 5.11 Å². The first-order valence-electron chi connectivity index (χ1n) is 4.20. The number of hydrogen-bond donors (Lipinski definition) is 1. The maximum atomic E-state index is 9.17. The second kappa shape index (κ2) is 4.33. The van der Waals surface area contributed by atoms with E-state index in [1.807, 2.05) is 18.7 Å². The van der Waals surface area contributed by atoms with Gasteiger partial charge in [0.1, 0.15) is 0 Å². The van der Waals surface area contributed by atoms with Crippen molar-refractivity contribution in [2.75, 3.05) is 24.6 Å². The minimum atomic E-state index is -0.180. The summed E-state index contributed by atoms with van der Waals surface area (Å²) in [6.07, 6.45) is -0.180. The third-order valence-corrected chi connectivity index (χ3v) is 3.19. The zero-order chi connectivity index (χ0) is 8.27. The van der Waals surface area contributed by atoms with Gasteiger partial charge >= 0.3 is 0 Å². The van der Waals surface area contributed by atoms with E-state index < -0.39 is 0 Å². The van der Waals surface area contributed by atoms with Crippen LogP contribution in [0.4, 0.5) is 0 Å². The Hall–Kier alpha value is 0.270. The maximum Gasteiger partial charge on any atom is 0.0639 e. The highest BCUT2D eigenvalue weighted by Crippen LogP contribution is 2.15. The summed E-state index contributed by atoms with van der Waals surface area (Å²) >= 11 is 2.01. The molecule has 0 aromatic carbocycles. The minimum absolute atomic E-state index is 0.180. The van der Waals surface area contributed by atoms with Crippen molar-refractivity contribution < 1.29 is 5.11 Å². The summed E-state index contributed by atoms with van der Waals surface area (Å²) in [5.74, 6) is 2.43. The van der Waals surface area contributed by atoms with Gasteiger partial charge in [-0.05, 0) is 13.8 Å². The van der Waals surface area contributed by atoms with Crippen LogP contribution in [0.25, 0.3) is 0 Å². The molecule has 11 heavy (non-hydrogen) atoms. The van der Waals surface area contributed by atoms with Gasteiger partial charge in [0.2, 0.25) is 0 Å². The van der Waals surface area contributed by atoms with Gasteiger partial charge in [0.05, 0.1) is 6.10 Å². The minimum Gasteiger partial charge on any atom is -0.392 e. The van der Waals surface area contributed by atoms with E-state index in [9.17, 15) is 5.11 Å². The fourth-order valence-electron chi connectivity index (χ4n) is 1.37. The summed E-state index contributed by atoms with van der Waals surface area (Å²) in [7, 11) is 0. The van der Waals surface area contributed by atoms with Crippen LogP contribution in [0.15, 0.2) is 0 Å². The molecule has 1 N–H and O–H groups in total. The first kappa shape index (κ1) is 9.36. The lowest BCUT2D eigenvalue weighted by atomic mass is 10.2. The lowest BCUT2D eigenvalue weighted by Gasteiger charge is -2.33. The molecule has 0 bridgehead atoms. The summed E-state index contributed by atoms with van der Waals surface area (Å²) < 4.78 is 0. The van der Waals surface area contributed by atoms with Gasteiger partial charge in [-0.3, -0.25) is 4.90 Å². The van der Waals surface area contributed by atoms with E-state index in [0.29, 0.717) is 6.04 Å². The zero-order valence-electron chi connectivity index (χ0n) is 7.29. The van der Waals surface area contributed by atoms with E-state index >= 15 is 0 Å². The molecule has 1 fully saturated rings. The van der Waals surface area contributed by atoms with Crippen LogP contribution in [0.1, 0.15) is 13.8 Å². The largest absolute Gasteiger partial charge is 0.392 e. The highest BCUT2D eigenvalue weighted by atomic mass is 32.2. The summed E-state index contributed by atoms with van der Waals surface area (Å²) in [5, 5.41) is 9.17. The SMILES string of the molecule is CC1CSCCN1C[C@H](C)O. The van der Waals surface area contributed by atoms with Crippen molar-refractivity contribution in [3.05, 3.63) is 0 Å². The predicted molar refractivity (Wildman–Crippen MR) is 50.0 cm³/mol. The third-order valence-electron chi connectivity index (χ3n) is 2.00. The predicted octanol–water partition coefficient (Wildman–Crippen LogP) is 0.804. The molecule has 0 radical (unpaired) electrons. The Labute approximate surface area is 73.0 Å². The lowest BCUT2D eigenvalue weighted by Crippen LogP contribution is -2.43. The van der Waals surface area contributed by atoms with Crippen LogP contribution in [0, 0.1) is 0 Å². The summed E-state index contributed by atoms with van der Waals surface area (Å²) in [6.45, 7) is 6.06. The smallest absolute Gasteiger partial charge is 0.0639 e. The molecule has 1 heterocycles. The molecule has 2 nitrogen and oxygen atoms in total. The molecule has 1 rings (SSSR count). The molecule has 0 aliphatic carbocycles. The Kier molecular flexibility index (Phi) is 3.69. The summed E-state index contributed by atoms with van der Waals surface area (Å²) in [6, 6.07) is 0.642. The highest BCUT2D eigenvalue weighted by molar-refractivity contribution is 7.99. The average Bonchev–Trinajstić information content (AvgIpc) is 1.93. The van der Waals surface area contributed by atoms with Gasteiger partial charge in [-0.25, -0.2) is 0 Å². The monoisotopic (exact) mass is 175 g/mol. The zero-order valence-corrected chi connectivity index (χ0v) is 8.10.